The summed E-state index contributed by atoms with van der Waals surface area (Å²) in [5.41, 5.74) is 7.42. The van der Waals surface area contributed by atoms with E-state index in [-0.39, 0.29) is 38.3 Å². The van der Waals surface area contributed by atoms with Crippen LogP contribution >= 0.6 is 0 Å². The number of ether oxygens (including phenoxy) is 1. The normalized spacial score (nSPS) is 10.7. The van der Waals surface area contributed by atoms with Crippen LogP contribution in [0.2, 0.25) is 0 Å². The Morgan fingerprint density at radius 2 is 2.29 bits per heavy atom. The Bertz CT molecular complexity index is 773. The molecule has 0 unspecified atom stereocenters. The predicted molar refractivity (Wildman–Crippen MR) is 90.1 cm³/mol. The second-order valence-electron chi connectivity index (χ2n) is 5.36. The zero-order chi connectivity index (χ0) is 17.5. The Morgan fingerprint density at radius 1 is 1.50 bits per heavy atom. The molecule has 0 aliphatic heterocycles. The molecule has 8 nitrogen and oxygen atoms in total. The van der Waals surface area contributed by atoms with E-state index in [1.165, 1.54) is 6.33 Å². The Hall–Kier alpha value is -2.63. The number of rotatable bonds is 6. The molecule has 0 atom stereocenters. The van der Waals surface area contributed by atoms with Crippen molar-refractivity contribution in [1.29, 1.82) is 0 Å². The number of carbonyl (C=O) groups excluding carboxylic acids is 1. The number of nitrogens with one attached hydrogen (secondary N) is 1. The highest BCUT2D eigenvalue weighted by molar-refractivity contribution is 5.92. The highest BCUT2D eigenvalue weighted by Crippen LogP contribution is 2.25. The van der Waals surface area contributed by atoms with E-state index < -0.39 is 0 Å². The summed E-state index contributed by atoms with van der Waals surface area (Å²) in [7, 11) is 0. The van der Waals surface area contributed by atoms with Crippen molar-refractivity contribution in [1.82, 2.24) is 19.9 Å². The number of aliphatic hydroxyl groups excluding tert-OH is 1. The first-order chi connectivity index (χ1) is 11.5. The second kappa shape index (κ2) is 8.29. The summed E-state index contributed by atoms with van der Waals surface area (Å²) < 4.78 is 6.90. The lowest BCUT2D eigenvalue weighted by molar-refractivity contribution is -0.125. The van der Waals surface area contributed by atoms with E-state index in [2.05, 4.69) is 27.1 Å². The minimum atomic E-state index is -0.287. The summed E-state index contributed by atoms with van der Waals surface area (Å²) in [6.45, 7) is 4.19. The molecule has 0 aliphatic carbocycles. The zero-order valence-corrected chi connectivity index (χ0v) is 13.7. The van der Waals surface area contributed by atoms with Gasteiger partial charge in [-0.2, -0.15) is 0 Å². The van der Waals surface area contributed by atoms with Crippen LogP contribution in [0.5, 0.6) is 0 Å². The monoisotopic (exact) mass is 331 g/mol. The summed E-state index contributed by atoms with van der Waals surface area (Å²) in [5.74, 6) is 5.98. The van der Waals surface area contributed by atoms with Crippen molar-refractivity contribution in [2.24, 2.45) is 0 Å². The van der Waals surface area contributed by atoms with Crippen molar-refractivity contribution in [3.8, 4) is 11.8 Å². The molecule has 8 heteroatoms. The minimum Gasteiger partial charge on any atom is -0.394 e. The zero-order valence-electron chi connectivity index (χ0n) is 13.7. The van der Waals surface area contributed by atoms with Crippen LogP contribution in [-0.2, 0) is 9.53 Å². The number of aromatic nitrogens is 3. The molecular weight excluding hydrogens is 310 g/mol. The van der Waals surface area contributed by atoms with Crippen LogP contribution in [0.3, 0.4) is 0 Å². The van der Waals surface area contributed by atoms with Crippen molar-refractivity contribution in [3.63, 3.8) is 0 Å². The van der Waals surface area contributed by atoms with E-state index in [0.29, 0.717) is 5.82 Å². The molecule has 2 heterocycles. The number of anilines is 1. The molecule has 0 fully saturated rings. The average molecular weight is 331 g/mol. The van der Waals surface area contributed by atoms with Crippen LogP contribution < -0.4 is 11.1 Å². The third-order valence-electron chi connectivity index (χ3n) is 3.26. The molecule has 2 rings (SSSR count). The fourth-order valence-corrected chi connectivity index (χ4v) is 2.16. The molecule has 2 aromatic rings. The maximum atomic E-state index is 11.5. The lowest BCUT2D eigenvalue weighted by atomic mass is 10.2. The van der Waals surface area contributed by atoms with E-state index in [9.17, 15) is 4.79 Å². The maximum absolute atomic E-state index is 11.5. The van der Waals surface area contributed by atoms with E-state index in [0.717, 1.165) is 16.6 Å². The van der Waals surface area contributed by atoms with Gasteiger partial charge in [0.25, 0.3) is 0 Å². The van der Waals surface area contributed by atoms with Crippen molar-refractivity contribution in [2.75, 3.05) is 32.1 Å². The number of carbonyl (C=O) groups is 1. The smallest absolute Gasteiger partial charge is 0.246 e. The Balaban J connectivity index is 2.10. The van der Waals surface area contributed by atoms with Gasteiger partial charge < -0.3 is 25.5 Å². The van der Waals surface area contributed by atoms with E-state index in [1.807, 2.05) is 24.6 Å². The number of nitrogens with two attached hydrogens (primary N) is 1. The van der Waals surface area contributed by atoms with Gasteiger partial charge in [-0.15, -0.1) is 0 Å². The molecule has 0 saturated heterocycles. The highest BCUT2D eigenvalue weighted by Gasteiger charge is 2.13. The first kappa shape index (κ1) is 17.7. The first-order valence-corrected chi connectivity index (χ1v) is 7.59. The maximum Gasteiger partial charge on any atom is 0.246 e. The van der Waals surface area contributed by atoms with E-state index >= 15 is 0 Å². The molecule has 0 aromatic carbocycles. The molecule has 24 heavy (non-hydrogen) atoms. The first-order valence-electron chi connectivity index (χ1n) is 7.59. The topological polar surface area (TPSA) is 115 Å². The second-order valence-corrected chi connectivity index (χ2v) is 5.36. The van der Waals surface area contributed by atoms with Crippen molar-refractivity contribution >= 4 is 22.8 Å². The van der Waals surface area contributed by atoms with Crippen LogP contribution in [0.4, 0.5) is 5.82 Å². The number of nitrogens with zero attached hydrogens (tertiary/aromatic N) is 3. The molecule has 0 aliphatic rings. The molecule has 0 radical (unpaired) electrons. The van der Waals surface area contributed by atoms with E-state index in [1.54, 1.807) is 0 Å². The molecule has 0 spiro atoms. The van der Waals surface area contributed by atoms with E-state index in [4.69, 9.17) is 15.6 Å². The van der Waals surface area contributed by atoms with Gasteiger partial charge >= 0.3 is 0 Å². The fraction of sp³-hybridized carbons (Fsp3) is 0.438. The van der Waals surface area contributed by atoms with Crippen LogP contribution in [0.25, 0.3) is 11.0 Å². The molecule has 1 amide bonds. The largest absolute Gasteiger partial charge is 0.394 e. The number of aliphatic hydroxyl groups is 1. The van der Waals surface area contributed by atoms with Gasteiger partial charge in [0.05, 0.1) is 30.7 Å². The third-order valence-corrected chi connectivity index (χ3v) is 3.26. The number of hydrogen-bond donors (Lipinski definition) is 3. The molecule has 0 saturated carbocycles. The van der Waals surface area contributed by atoms with Gasteiger partial charge in [-0.25, -0.2) is 9.97 Å². The van der Waals surface area contributed by atoms with Gasteiger partial charge in [0.1, 0.15) is 24.4 Å². The van der Waals surface area contributed by atoms with Gasteiger partial charge in [-0.3, -0.25) is 4.79 Å². The van der Waals surface area contributed by atoms with Crippen LogP contribution in [-0.4, -0.2) is 51.9 Å². The standard InChI is InChI=1S/C16H21N5O3/c1-11(2)21-8-12(14-15(17)19-10-20-16(14)21)4-3-5-18-13(23)9-24-7-6-22/h8,10-11,22H,5-7,9H2,1-2H3,(H,18,23)(H2,17,19,20). The number of fused-ring (bicyclic) bond motifs is 1. The van der Waals surface area contributed by atoms with Crippen molar-refractivity contribution in [3.05, 3.63) is 18.1 Å². The molecule has 128 valence electrons. The average Bonchev–Trinajstić information content (AvgIpc) is 2.92. The Kier molecular flexibility index (Phi) is 6.12. The van der Waals surface area contributed by atoms with Crippen molar-refractivity contribution < 1.29 is 14.6 Å². The van der Waals surface area contributed by atoms with Gasteiger partial charge in [0.15, 0.2) is 0 Å². The number of hydrogen-bond acceptors (Lipinski definition) is 6. The summed E-state index contributed by atoms with van der Waals surface area (Å²) in [6, 6.07) is 0.209. The van der Waals surface area contributed by atoms with Gasteiger partial charge in [0.2, 0.25) is 5.91 Å². The van der Waals surface area contributed by atoms with Gasteiger partial charge in [-0.1, -0.05) is 11.8 Å². The summed E-state index contributed by atoms with van der Waals surface area (Å²) in [4.78, 5) is 19.8. The molecule has 4 N–H and O–H groups in total. The summed E-state index contributed by atoms with van der Waals surface area (Å²) in [5, 5.41) is 11.9. The van der Waals surface area contributed by atoms with Gasteiger partial charge in [-0.05, 0) is 13.8 Å². The summed E-state index contributed by atoms with van der Waals surface area (Å²) in [6.07, 6.45) is 3.32. The third kappa shape index (κ3) is 4.22. The highest BCUT2D eigenvalue weighted by atomic mass is 16.5. The molecule has 2 aromatic heterocycles. The van der Waals surface area contributed by atoms with Crippen LogP contribution in [0.15, 0.2) is 12.5 Å². The Morgan fingerprint density at radius 3 is 3.00 bits per heavy atom. The molecule has 0 bridgehead atoms. The lowest BCUT2D eigenvalue weighted by Gasteiger charge is -2.07. The number of amides is 1. The van der Waals surface area contributed by atoms with Crippen LogP contribution in [0, 0.1) is 11.8 Å². The quantitative estimate of drug-likeness (QED) is 0.510. The van der Waals surface area contributed by atoms with Gasteiger partial charge in [0, 0.05) is 12.2 Å². The summed E-state index contributed by atoms with van der Waals surface area (Å²) >= 11 is 0. The SMILES string of the molecule is CC(C)n1cc(C#CCNC(=O)COCCO)c2c(N)ncnc21. The van der Waals surface area contributed by atoms with Crippen molar-refractivity contribution in [2.45, 2.75) is 19.9 Å². The fourth-order valence-electron chi connectivity index (χ4n) is 2.16. The lowest BCUT2D eigenvalue weighted by Crippen LogP contribution is -2.28. The predicted octanol–water partition coefficient (Wildman–Crippen LogP) is 0.0710. The van der Waals surface area contributed by atoms with Crippen LogP contribution in [0.1, 0.15) is 25.5 Å². The minimum absolute atomic E-state index is 0.102. The molecular formula is C16H21N5O3. The number of nitrogen functional groups attached to an aromatic ring is 1. The Labute approximate surface area is 140 Å².